The van der Waals surface area contributed by atoms with Gasteiger partial charge in [-0.1, -0.05) is 0 Å². The molecule has 0 aromatic carbocycles. The minimum atomic E-state index is -0.312. The predicted octanol–water partition coefficient (Wildman–Crippen LogP) is 0.145. The molecule has 14 heavy (non-hydrogen) atoms. The van der Waals surface area contributed by atoms with Crippen LogP contribution in [0.4, 0.5) is 0 Å². The van der Waals surface area contributed by atoms with Crippen molar-refractivity contribution in [1.82, 2.24) is 10.6 Å². The highest BCUT2D eigenvalue weighted by atomic mass is 16.3. The molecule has 1 unspecified atom stereocenters. The van der Waals surface area contributed by atoms with Crippen LogP contribution in [0.2, 0.25) is 0 Å². The van der Waals surface area contributed by atoms with Crippen molar-refractivity contribution in [3.63, 3.8) is 0 Å². The molecule has 1 atom stereocenters. The average Bonchev–Trinajstić information content (AvgIpc) is 2.08. The summed E-state index contributed by atoms with van der Waals surface area (Å²) in [5.74, 6) is 0. The third-order valence-electron chi connectivity index (χ3n) is 1.70. The molecule has 5 N–H and O–H groups in total. The first-order valence-electron chi connectivity index (χ1n) is 4.99. The fourth-order valence-electron chi connectivity index (χ4n) is 0.927. The van der Waals surface area contributed by atoms with Crippen LogP contribution in [0.3, 0.4) is 0 Å². The molecule has 0 aromatic heterocycles. The van der Waals surface area contributed by atoms with Crippen LogP contribution >= 0.6 is 0 Å². The Bertz CT molecular complexity index is 163. The van der Waals surface area contributed by atoms with E-state index in [2.05, 4.69) is 31.4 Å². The molecular formula is C10H23N3O. The van der Waals surface area contributed by atoms with Gasteiger partial charge in [0.25, 0.3) is 0 Å². The molecule has 0 amide bonds. The molecule has 4 heteroatoms. The second-order valence-electron chi connectivity index (χ2n) is 4.39. The van der Waals surface area contributed by atoms with E-state index in [0.29, 0.717) is 13.0 Å². The largest absolute Gasteiger partial charge is 0.403 e. The van der Waals surface area contributed by atoms with Crippen molar-refractivity contribution in [2.24, 2.45) is 5.73 Å². The zero-order valence-corrected chi connectivity index (χ0v) is 9.38. The molecule has 0 aliphatic carbocycles. The van der Waals surface area contributed by atoms with Crippen LogP contribution in [0.15, 0.2) is 12.4 Å². The van der Waals surface area contributed by atoms with Crippen molar-refractivity contribution in [3.05, 3.63) is 12.4 Å². The van der Waals surface area contributed by atoms with E-state index >= 15 is 0 Å². The molecule has 0 aromatic rings. The van der Waals surface area contributed by atoms with Crippen LogP contribution in [0.25, 0.3) is 0 Å². The Morgan fingerprint density at radius 2 is 2.07 bits per heavy atom. The normalized spacial score (nSPS) is 14.6. The van der Waals surface area contributed by atoms with Crippen LogP contribution < -0.4 is 16.4 Å². The molecular weight excluding hydrogens is 178 g/mol. The molecule has 0 aliphatic heterocycles. The zero-order valence-electron chi connectivity index (χ0n) is 9.38. The summed E-state index contributed by atoms with van der Waals surface area (Å²) in [6, 6.07) is 0. The van der Waals surface area contributed by atoms with Gasteiger partial charge in [0.05, 0.1) is 6.10 Å². The summed E-state index contributed by atoms with van der Waals surface area (Å²) < 4.78 is 0. The SMILES string of the molecule is CC(C)(C)NCC(O)CCN/C=C\N. The molecule has 0 saturated heterocycles. The van der Waals surface area contributed by atoms with E-state index in [1.54, 1.807) is 6.20 Å². The number of nitrogens with two attached hydrogens (primary N) is 1. The Kier molecular flexibility index (Phi) is 6.32. The molecule has 0 spiro atoms. The first-order chi connectivity index (χ1) is 6.45. The van der Waals surface area contributed by atoms with E-state index in [0.717, 1.165) is 6.54 Å². The molecule has 0 heterocycles. The molecule has 4 nitrogen and oxygen atoms in total. The maximum absolute atomic E-state index is 9.55. The lowest BCUT2D eigenvalue weighted by Crippen LogP contribution is -2.41. The van der Waals surface area contributed by atoms with Crippen molar-refractivity contribution in [2.75, 3.05) is 13.1 Å². The van der Waals surface area contributed by atoms with Gasteiger partial charge in [0.1, 0.15) is 0 Å². The summed E-state index contributed by atoms with van der Waals surface area (Å²) in [5.41, 5.74) is 5.20. The molecule has 0 radical (unpaired) electrons. The van der Waals surface area contributed by atoms with Crippen molar-refractivity contribution < 1.29 is 5.11 Å². The number of rotatable bonds is 6. The number of hydrogen-bond donors (Lipinski definition) is 4. The highest BCUT2D eigenvalue weighted by Gasteiger charge is 2.11. The molecule has 0 rings (SSSR count). The maximum Gasteiger partial charge on any atom is 0.0681 e. The van der Waals surface area contributed by atoms with Gasteiger partial charge >= 0.3 is 0 Å². The lowest BCUT2D eigenvalue weighted by Gasteiger charge is -2.22. The van der Waals surface area contributed by atoms with Gasteiger partial charge in [-0.3, -0.25) is 0 Å². The fourth-order valence-corrected chi connectivity index (χ4v) is 0.927. The Morgan fingerprint density at radius 3 is 2.57 bits per heavy atom. The van der Waals surface area contributed by atoms with Gasteiger partial charge in [0, 0.05) is 31.0 Å². The highest BCUT2D eigenvalue weighted by Crippen LogP contribution is 1.99. The van der Waals surface area contributed by atoms with E-state index in [1.165, 1.54) is 6.20 Å². The van der Waals surface area contributed by atoms with Gasteiger partial charge in [-0.15, -0.1) is 0 Å². The van der Waals surface area contributed by atoms with Gasteiger partial charge in [-0.25, -0.2) is 0 Å². The minimum Gasteiger partial charge on any atom is -0.403 e. The number of nitrogens with one attached hydrogen (secondary N) is 2. The predicted molar refractivity (Wildman–Crippen MR) is 59.7 cm³/mol. The first-order valence-corrected chi connectivity index (χ1v) is 4.99. The summed E-state index contributed by atoms with van der Waals surface area (Å²) in [7, 11) is 0. The lowest BCUT2D eigenvalue weighted by atomic mass is 10.1. The van der Waals surface area contributed by atoms with Crippen molar-refractivity contribution in [3.8, 4) is 0 Å². The minimum absolute atomic E-state index is 0.0611. The van der Waals surface area contributed by atoms with Crippen LogP contribution in [0.5, 0.6) is 0 Å². The highest BCUT2D eigenvalue weighted by molar-refractivity contribution is 4.75. The Morgan fingerprint density at radius 1 is 1.43 bits per heavy atom. The third-order valence-corrected chi connectivity index (χ3v) is 1.70. The maximum atomic E-state index is 9.55. The summed E-state index contributed by atoms with van der Waals surface area (Å²) >= 11 is 0. The van der Waals surface area contributed by atoms with Gasteiger partial charge in [0.2, 0.25) is 0 Å². The smallest absolute Gasteiger partial charge is 0.0681 e. The van der Waals surface area contributed by atoms with E-state index in [9.17, 15) is 5.11 Å². The number of β-amino-alcohol motifs (C(OH)–C–C–N with tert-alkyl or cyclic N) is 1. The second kappa shape index (κ2) is 6.68. The first kappa shape index (κ1) is 13.3. The molecule has 0 saturated carbocycles. The monoisotopic (exact) mass is 201 g/mol. The summed E-state index contributed by atoms with van der Waals surface area (Å²) in [4.78, 5) is 0. The van der Waals surface area contributed by atoms with E-state index in [-0.39, 0.29) is 11.6 Å². The van der Waals surface area contributed by atoms with Crippen molar-refractivity contribution in [2.45, 2.75) is 38.8 Å². The second-order valence-corrected chi connectivity index (χ2v) is 4.39. The van der Waals surface area contributed by atoms with Gasteiger partial charge in [-0.05, 0) is 27.2 Å². The number of aliphatic hydroxyl groups is 1. The van der Waals surface area contributed by atoms with Gasteiger partial charge < -0.3 is 21.5 Å². The van der Waals surface area contributed by atoms with E-state index < -0.39 is 0 Å². The van der Waals surface area contributed by atoms with Crippen LogP contribution in [0.1, 0.15) is 27.2 Å². The molecule has 0 fully saturated rings. The average molecular weight is 201 g/mol. The van der Waals surface area contributed by atoms with Gasteiger partial charge in [0.15, 0.2) is 0 Å². The summed E-state index contributed by atoms with van der Waals surface area (Å²) in [5, 5.41) is 15.8. The van der Waals surface area contributed by atoms with E-state index in [1.807, 2.05) is 0 Å². The number of aliphatic hydroxyl groups excluding tert-OH is 1. The Labute approximate surface area is 86.6 Å². The van der Waals surface area contributed by atoms with Gasteiger partial charge in [-0.2, -0.15) is 0 Å². The molecule has 0 bridgehead atoms. The van der Waals surface area contributed by atoms with E-state index in [4.69, 9.17) is 5.73 Å². The van der Waals surface area contributed by atoms with Crippen molar-refractivity contribution in [1.29, 1.82) is 0 Å². The Hall–Kier alpha value is -0.740. The topological polar surface area (TPSA) is 70.3 Å². The van der Waals surface area contributed by atoms with Crippen molar-refractivity contribution >= 4 is 0 Å². The third kappa shape index (κ3) is 9.35. The van der Waals surface area contributed by atoms with Crippen LogP contribution in [-0.2, 0) is 0 Å². The zero-order chi connectivity index (χ0) is 11.0. The summed E-state index contributed by atoms with van der Waals surface area (Å²) in [6.45, 7) is 7.59. The fraction of sp³-hybridized carbons (Fsp3) is 0.800. The van der Waals surface area contributed by atoms with Crippen LogP contribution in [0, 0.1) is 0 Å². The standard InChI is InChI=1S/C10H23N3O/c1-10(2,3)13-8-9(14)4-6-12-7-5-11/h5,7,9,12-14H,4,6,8,11H2,1-3H3/b7-5-. The van der Waals surface area contributed by atoms with Crippen LogP contribution in [-0.4, -0.2) is 29.8 Å². The quantitative estimate of drug-likeness (QED) is 0.462. The molecule has 84 valence electrons. The lowest BCUT2D eigenvalue weighted by molar-refractivity contribution is 0.152. The summed E-state index contributed by atoms with van der Waals surface area (Å²) in [6.07, 6.45) is 3.52. The Balaban J connectivity index is 3.41. The molecule has 0 aliphatic rings. The number of hydrogen-bond acceptors (Lipinski definition) is 4.